The fourth-order valence-electron chi connectivity index (χ4n) is 3.35. The highest BCUT2D eigenvalue weighted by Gasteiger charge is 2.17. The zero-order valence-corrected chi connectivity index (χ0v) is 17.4. The summed E-state index contributed by atoms with van der Waals surface area (Å²) in [7, 11) is 0. The van der Waals surface area contributed by atoms with Gasteiger partial charge in [0.05, 0.1) is 23.3 Å². The van der Waals surface area contributed by atoms with Crippen molar-refractivity contribution >= 4 is 34.8 Å². The van der Waals surface area contributed by atoms with Gasteiger partial charge in [-0.25, -0.2) is 18.6 Å². The highest BCUT2D eigenvalue weighted by Crippen LogP contribution is 2.25. The van der Waals surface area contributed by atoms with E-state index in [-0.39, 0.29) is 17.2 Å². The van der Waals surface area contributed by atoms with Crippen LogP contribution in [0.1, 0.15) is 10.5 Å². The third-order valence-corrected chi connectivity index (χ3v) is 4.90. The number of carbonyl (C=O) groups excluding carboxylic acids is 2. The number of hydrogen-bond donors (Lipinski definition) is 4. The predicted octanol–water partition coefficient (Wildman–Crippen LogP) is 3.06. The summed E-state index contributed by atoms with van der Waals surface area (Å²) in [6, 6.07) is 8.20. The number of aromatic nitrogens is 2. The summed E-state index contributed by atoms with van der Waals surface area (Å²) in [5, 5.41) is 10.7. The molecule has 4 N–H and O–H groups in total. The van der Waals surface area contributed by atoms with Crippen LogP contribution in [0.2, 0.25) is 0 Å². The summed E-state index contributed by atoms with van der Waals surface area (Å²) in [5.74, 6) is -1.91. The maximum absolute atomic E-state index is 13.7. The van der Waals surface area contributed by atoms with Gasteiger partial charge in [0.25, 0.3) is 5.91 Å². The third kappa shape index (κ3) is 5.57. The van der Waals surface area contributed by atoms with Crippen LogP contribution < -0.4 is 26.2 Å². The molecule has 4 rings (SSSR count). The topological polar surface area (TPSA) is 111 Å². The number of urea groups is 1. The fraction of sp³-hybridized carbons (Fsp3) is 0.182. The molecule has 1 saturated heterocycles. The molecule has 1 aliphatic rings. The number of carbonyl (C=O) groups is 2. The second-order valence-corrected chi connectivity index (χ2v) is 7.20. The zero-order valence-electron chi connectivity index (χ0n) is 17.4. The molecular formula is C22H21F2N7O2. The van der Waals surface area contributed by atoms with E-state index in [0.29, 0.717) is 5.69 Å². The van der Waals surface area contributed by atoms with Gasteiger partial charge in [-0.05, 0) is 30.3 Å². The van der Waals surface area contributed by atoms with Gasteiger partial charge in [-0.2, -0.15) is 0 Å². The fourth-order valence-corrected chi connectivity index (χ4v) is 3.35. The quantitative estimate of drug-likeness (QED) is 0.473. The van der Waals surface area contributed by atoms with E-state index in [1.54, 1.807) is 18.5 Å². The minimum atomic E-state index is -0.835. The van der Waals surface area contributed by atoms with Crippen molar-refractivity contribution in [1.82, 2.24) is 15.3 Å². The molecule has 3 aromatic rings. The molecule has 3 heterocycles. The summed E-state index contributed by atoms with van der Waals surface area (Å²) >= 11 is 0. The third-order valence-electron chi connectivity index (χ3n) is 4.90. The number of hydrogen-bond acceptors (Lipinski definition) is 6. The highest BCUT2D eigenvalue weighted by atomic mass is 19.1. The standard InChI is InChI=1S/C22H21F2N7O2/c23-14-4-5-15(24)17(12-14)29-22(33)30-20-3-1-2-16(27-20)21(32)28-18-13-26-7-6-19(18)31-10-8-25-9-11-31/h1-7,12-13,25H,8-11H2,(H,28,32)(H2,27,29,30,33). The molecule has 1 aliphatic heterocycles. The summed E-state index contributed by atoms with van der Waals surface area (Å²) < 4.78 is 27.0. The van der Waals surface area contributed by atoms with Crippen molar-refractivity contribution < 1.29 is 18.4 Å². The van der Waals surface area contributed by atoms with E-state index < -0.39 is 23.6 Å². The van der Waals surface area contributed by atoms with Crippen molar-refractivity contribution in [1.29, 1.82) is 0 Å². The average Bonchev–Trinajstić information content (AvgIpc) is 2.82. The molecule has 11 heteroatoms. The molecule has 0 aliphatic carbocycles. The van der Waals surface area contributed by atoms with Gasteiger partial charge in [0.1, 0.15) is 23.1 Å². The first kappa shape index (κ1) is 22.1. The minimum absolute atomic E-state index is 0.0554. The van der Waals surface area contributed by atoms with Crippen LogP contribution in [0, 0.1) is 11.6 Å². The Kier molecular flexibility index (Phi) is 6.69. The Balaban J connectivity index is 1.44. The van der Waals surface area contributed by atoms with Crippen LogP contribution in [-0.4, -0.2) is 48.1 Å². The van der Waals surface area contributed by atoms with Gasteiger partial charge in [0.15, 0.2) is 0 Å². The van der Waals surface area contributed by atoms with Crippen LogP contribution in [0.15, 0.2) is 54.9 Å². The lowest BCUT2D eigenvalue weighted by Gasteiger charge is -2.30. The van der Waals surface area contributed by atoms with Crippen molar-refractivity contribution in [2.75, 3.05) is 47.0 Å². The van der Waals surface area contributed by atoms with Crippen LogP contribution in [0.25, 0.3) is 0 Å². The van der Waals surface area contributed by atoms with E-state index >= 15 is 0 Å². The molecule has 9 nitrogen and oxygen atoms in total. The molecule has 0 unspecified atom stereocenters. The van der Waals surface area contributed by atoms with Gasteiger partial charge in [-0.15, -0.1) is 0 Å². The van der Waals surface area contributed by atoms with Gasteiger partial charge >= 0.3 is 6.03 Å². The minimum Gasteiger partial charge on any atom is -0.367 e. The van der Waals surface area contributed by atoms with Crippen molar-refractivity contribution in [2.24, 2.45) is 0 Å². The number of nitrogens with one attached hydrogen (secondary N) is 4. The van der Waals surface area contributed by atoms with Crippen LogP contribution in [0.3, 0.4) is 0 Å². The number of rotatable bonds is 5. The molecule has 33 heavy (non-hydrogen) atoms. The number of anilines is 4. The van der Waals surface area contributed by atoms with Crippen molar-refractivity contribution in [2.45, 2.75) is 0 Å². The van der Waals surface area contributed by atoms with E-state index in [9.17, 15) is 18.4 Å². The van der Waals surface area contributed by atoms with Gasteiger partial charge in [-0.1, -0.05) is 6.07 Å². The number of piperazine rings is 1. The van der Waals surface area contributed by atoms with E-state index in [4.69, 9.17) is 0 Å². The summed E-state index contributed by atoms with van der Waals surface area (Å²) in [5.41, 5.74) is 1.13. The first-order chi connectivity index (χ1) is 16.0. The van der Waals surface area contributed by atoms with Gasteiger partial charge in [-0.3, -0.25) is 15.1 Å². The molecule has 1 aromatic carbocycles. The number of pyridine rings is 2. The Labute approximate surface area is 188 Å². The largest absolute Gasteiger partial charge is 0.367 e. The first-order valence-corrected chi connectivity index (χ1v) is 10.2. The molecule has 0 spiro atoms. The molecule has 3 amide bonds. The molecule has 0 radical (unpaired) electrons. The Morgan fingerprint density at radius 2 is 1.79 bits per heavy atom. The van der Waals surface area contributed by atoms with Gasteiger partial charge in [0.2, 0.25) is 0 Å². The molecule has 2 aromatic heterocycles. The number of nitrogens with zero attached hydrogens (tertiary/aromatic N) is 3. The van der Waals surface area contributed by atoms with Crippen molar-refractivity contribution in [3.05, 3.63) is 72.2 Å². The predicted molar refractivity (Wildman–Crippen MR) is 121 cm³/mol. The highest BCUT2D eigenvalue weighted by molar-refractivity contribution is 6.05. The monoisotopic (exact) mass is 453 g/mol. The number of amides is 3. The Hall–Kier alpha value is -4.12. The summed E-state index contributed by atoms with van der Waals surface area (Å²) in [6.45, 7) is 3.27. The molecule has 1 fully saturated rings. The summed E-state index contributed by atoms with van der Waals surface area (Å²) in [6.07, 6.45) is 3.23. The molecule has 0 bridgehead atoms. The number of benzene rings is 1. The maximum atomic E-state index is 13.7. The first-order valence-electron chi connectivity index (χ1n) is 10.2. The molecule has 170 valence electrons. The van der Waals surface area contributed by atoms with E-state index in [0.717, 1.165) is 50.1 Å². The normalized spacial score (nSPS) is 13.3. The van der Waals surface area contributed by atoms with E-state index in [2.05, 4.69) is 36.1 Å². The van der Waals surface area contributed by atoms with E-state index in [1.165, 1.54) is 12.1 Å². The lowest BCUT2D eigenvalue weighted by molar-refractivity contribution is 0.102. The van der Waals surface area contributed by atoms with Crippen LogP contribution in [0.4, 0.5) is 36.5 Å². The van der Waals surface area contributed by atoms with Gasteiger partial charge < -0.3 is 20.9 Å². The Bertz CT molecular complexity index is 1170. The SMILES string of the molecule is O=C(Nc1cccc(C(=O)Nc2cnccc2N2CCNCC2)n1)Nc1cc(F)ccc1F. The van der Waals surface area contributed by atoms with Crippen molar-refractivity contribution in [3.63, 3.8) is 0 Å². The van der Waals surface area contributed by atoms with Crippen LogP contribution in [0.5, 0.6) is 0 Å². The molecular weight excluding hydrogens is 432 g/mol. The van der Waals surface area contributed by atoms with Gasteiger partial charge in [0, 0.05) is 38.4 Å². The Morgan fingerprint density at radius 3 is 2.61 bits per heavy atom. The second-order valence-electron chi connectivity index (χ2n) is 7.20. The summed E-state index contributed by atoms with van der Waals surface area (Å²) in [4.78, 5) is 35.4. The average molecular weight is 453 g/mol. The zero-order chi connectivity index (χ0) is 23.2. The second kappa shape index (κ2) is 10.0. The molecule has 0 saturated carbocycles. The lowest BCUT2D eigenvalue weighted by Crippen LogP contribution is -2.43. The lowest BCUT2D eigenvalue weighted by atomic mass is 10.2. The van der Waals surface area contributed by atoms with Crippen molar-refractivity contribution in [3.8, 4) is 0 Å². The maximum Gasteiger partial charge on any atom is 0.324 e. The smallest absolute Gasteiger partial charge is 0.324 e. The van der Waals surface area contributed by atoms with Crippen LogP contribution >= 0.6 is 0 Å². The Morgan fingerprint density at radius 1 is 0.970 bits per heavy atom. The van der Waals surface area contributed by atoms with E-state index in [1.807, 2.05) is 6.07 Å². The molecule has 0 atom stereocenters. The van der Waals surface area contributed by atoms with Crippen LogP contribution in [-0.2, 0) is 0 Å². The number of halogens is 2.